The van der Waals surface area contributed by atoms with E-state index in [0.717, 1.165) is 17.9 Å². The van der Waals surface area contributed by atoms with Crippen LogP contribution in [0.3, 0.4) is 0 Å². The van der Waals surface area contributed by atoms with Crippen LogP contribution < -0.4 is 0 Å². The Morgan fingerprint density at radius 3 is 2.65 bits per heavy atom. The van der Waals surface area contributed by atoms with Crippen molar-refractivity contribution in [2.75, 3.05) is 6.54 Å². The van der Waals surface area contributed by atoms with E-state index in [9.17, 15) is 4.21 Å². The van der Waals surface area contributed by atoms with Crippen molar-refractivity contribution in [3.8, 4) is 0 Å². The number of hydrogen-bond acceptors (Lipinski definition) is 1. The van der Waals surface area contributed by atoms with Gasteiger partial charge in [0, 0.05) is 23.1 Å². The summed E-state index contributed by atoms with van der Waals surface area (Å²) in [5.74, 6) is 0. The fraction of sp³-hybridized carbons (Fsp3) is 0.263. The Kier molecular flexibility index (Phi) is 3.58. The minimum absolute atomic E-state index is 0.119. The van der Waals surface area contributed by atoms with Gasteiger partial charge >= 0.3 is 0 Å². The molecule has 0 amide bonds. The Morgan fingerprint density at radius 1 is 1.13 bits per heavy atom. The molecule has 2 aromatic carbocycles. The van der Waals surface area contributed by atoms with Crippen LogP contribution in [-0.4, -0.2) is 20.0 Å². The first-order chi connectivity index (χ1) is 11.1. The van der Waals surface area contributed by atoms with Gasteiger partial charge in [-0.1, -0.05) is 35.9 Å². The summed E-state index contributed by atoms with van der Waals surface area (Å²) in [5, 5.41) is 1.30. The summed E-state index contributed by atoms with van der Waals surface area (Å²) in [7, 11) is -1.12. The maximum absolute atomic E-state index is 13.0. The molecule has 0 saturated heterocycles. The lowest BCUT2D eigenvalue weighted by Crippen LogP contribution is -2.35. The number of nitrogens with zero attached hydrogens (tertiary/aromatic N) is 1. The third kappa shape index (κ3) is 2.42. The molecule has 2 atom stereocenters. The second-order valence-corrected chi connectivity index (χ2v) is 7.63. The highest BCUT2D eigenvalue weighted by Crippen LogP contribution is 2.35. The average molecular weight is 324 g/mol. The molecule has 0 radical (unpaired) electrons. The Labute approximate surface area is 138 Å². The third-order valence-corrected chi connectivity index (χ3v) is 6.31. The summed E-state index contributed by atoms with van der Waals surface area (Å²) >= 11 is 0. The van der Waals surface area contributed by atoms with Gasteiger partial charge in [-0.3, -0.25) is 0 Å². The molecule has 0 saturated carbocycles. The predicted octanol–water partition coefficient (Wildman–Crippen LogP) is 4.12. The fourth-order valence-electron chi connectivity index (χ4n) is 3.42. The van der Waals surface area contributed by atoms with Crippen molar-refractivity contribution in [1.82, 2.24) is 9.29 Å². The molecule has 0 aliphatic carbocycles. The summed E-state index contributed by atoms with van der Waals surface area (Å²) in [6.07, 6.45) is 0.932. The number of H-pyrrole nitrogens is 1. The molecular formula is C19H20N2OS. The van der Waals surface area contributed by atoms with Gasteiger partial charge < -0.3 is 4.98 Å². The van der Waals surface area contributed by atoms with Crippen LogP contribution in [-0.2, 0) is 17.4 Å². The molecule has 4 heteroatoms. The number of hydrogen-bond donors (Lipinski definition) is 1. The first kappa shape index (κ1) is 14.7. The summed E-state index contributed by atoms with van der Waals surface area (Å²) < 4.78 is 15.1. The topological polar surface area (TPSA) is 36.1 Å². The lowest BCUT2D eigenvalue weighted by atomic mass is 10.0. The van der Waals surface area contributed by atoms with Gasteiger partial charge in [-0.15, -0.1) is 0 Å². The number of aryl methyl sites for hydroxylation is 1. The van der Waals surface area contributed by atoms with Gasteiger partial charge in [0.25, 0.3) is 0 Å². The largest absolute Gasteiger partial charge is 0.357 e. The first-order valence-corrected chi connectivity index (χ1v) is 9.10. The minimum atomic E-state index is -1.12. The van der Waals surface area contributed by atoms with Gasteiger partial charge in [0.15, 0.2) is 0 Å². The van der Waals surface area contributed by atoms with E-state index >= 15 is 0 Å². The van der Waals surface area contributed by atoms with E-state index in [1.165, 1.54) is 27.7 Å². The molecule has 1 unspecified atom stereocenters. The van der Waals surface area contributed by atoms with Crippen molar-refractivity contribution < 1.29 is 4.21 Å². The summed E-state index contributed by atoms with van der Waals surface area (Å²) in [4.78, 5) is 4.41. The first-order valence-electron chi connectivity index (χ1n) is 8.00. The van der Waals surface area contributed by atoms with Crippen LogP contribution in [0, 0.1) is 6.92 Å². The lowest BCUT2D eigenvalue weighted by molar-refractivity contribution is 0.342. The molecular weight excluding hydrogens is 304 g/mol. The maximum atomic E-state index is 13.0. The number of fused-ring (bicyclic) bond motifs is 3. The number of para-hydroxylation sites is 1. The van der Waals surface area contributed by atoms with Crippen molar-refractivity contribution in [3.05, 3.63) is 65.4 Å². The van der Waals surface area contributed by atoms with E-state index in [1.54, 1.807) is 0 Å². The van der Waals surface area contributed by atoms with Crippen molar-refractivity contribution in [2.24, 2.45) is 0 Å². The molecule has 1 aliphatic rings. The molecule has 1 aromatic heterocycles. The van der Waals surface area contributed by atoms with Gasteiger partial charge in [-0.05, 0) is 44.0 Å². The van der Waals surface area contributed by atoms with E-state index in [-0.39, 0.29) is 6.04 Å². The minimum Gasteiger partial charge on any atom is -0.357 e. The van der Waals surface area contributed by atoms with E-state index in [1.807, 2.05) is 31.2 Å². The zero-order chi connectivity index (χ0) is 16.0. The van der Waals surface area contributed by atoms with Crippen LogP contribution in [0.15, 0.2) is 53.4 Å². The number of aromatic nitrogens is 1. The SMILES string of the molecule is Cc1ccc(S(=O)N2CCc3c([nH]c4ccccc34)[C@@H]2C)cc1. The van der Waals surface area contributed by atoms with Crippen LogP contribution >= 0.6 is 0 Å². The number of nitrogens with one attached hydrogen (secondary N) is 1. The normalized spacial score (nSPS) is 19.7. The highest BCUT2D eigenvalue weighted by Gasteiger charge is 2.31. The third-order valence-electron chi connectivity index (χ3n) is 4.71. The van der Waals surface area contributed by atoms with E-state index in [4.69, 9.17) is 0 Å². The summed E-state index contributed by atoms with van der Waals surface area (Å²) in [6.45, 7) is 5.00. The van der Waals surface area contributed by atoms with E-state index in [0.29, 0.717) is 0 Å². The average Bonchev–Trinajstić information content (AvgIpc) is 2.95. The molecule has 1 aliphatic heterocycles. The standard InChI is InChI=1S/C19H20N2OS/c1-13-7-9-15(10-8-13)23(22)21-12-11-17-16-5-3-4-6-18(16)20-19(17)14(21)2/h3-10,14,20H,11-12H2,1-2H3/t14-,23?/m0/s1. The monoisotopic (exact) mass is 324 g/mol. The zero-order valence-corrected chi connectivity index (χ0v) is 14.2. The highest BCUT2D eigenvalue weighted by molar-refractivity contribution is 7.82. The van der Waals surface area contributed by atoms with Crippen LogP contribution in [0.4, 0.5) is 0 Å². The Bertz CT molecular complexity index is 882. The highest BCUT2D eigenvalue weighted by atomic mass is 32.2. The van der Waals surface area contributed by atoms with Crippen LogP contribution in [0.25, 0.3) is 10.9 Å². The predicted molar refractivity (Wildman–Crippen MR) is 94.7 cm³/mol. The van der Waals surface area contributed by atoms with Gasteiger partial charge in [0.1, 0.15) is 11.0 Å². The molecule has 3 aromatic rings. The number of rotatable bonds is 2. The van der Waals surface area contributed by atoms with Crippen LogP contribution in [0.5, 0.6) is 0 Å². The Hall–Kier alpha value is -1.91. The smallest absolute Gasteiger partial charge is 0.128 e. The molecule has 4 rings (SSSR count). The molecule has 118 valence electrons. The molecule has 3 nitrogen and oxygen atoms in total. The van der Waals surface area contributed by atoms with Gasteiger partial charge in [0.2, 0.25) is 0 Å². The van der Waals surface area contributed by atoms with Crippen LogP contribution in [0.1, 0.15) is 29.8 Å². The van der Waals surface area contributed by atoms with Crippen molar-refractivity contribution in [1.29, 1.82) is 0 Å². The molecule has 23 heavy (non-hydrogen) atoms. The number of aromatic amines is 1. The lowest BCUT2D eigenvalue weighted by Gasteiger charge is -2.32. The molecule has 1 N–H and O–H groups in total. The molecule has 2 heterocycles. The molecule has 0 bridgehead atoms. The van der Waals surface area contributed by atoms with Gasteiger partial charge in [0.05, 0.1) is 10.9 Å². The van der Waals surface area contributed by atoms with Crippen molar-refractivity contribution in [2.45, 2.75) is 31.2 Å². The fourth-order valence-corrected chi connectivity index (χ4v) is 4.71. The Balaban J connectivity index is 1.70. The van der Waals surface area contributed by atoms with Crippen molar-refractivity contribution in [3.63, 3.8) is 0 Å². The summed E-state index contributed by atoms with van der Waals surface area (Å²) in [6, 6.07) is 16.5. The van der Waals surface area contributed by atoms with Crippen molar-refractivity contribution >= 4 is 21.9 Å². The zero-order valence-electron chi connectivity index (χ0n) is 13.4. The van der Waals surface area contributed by atoms with Gasteiger partial charge in [-0.2, -0.15) is 0 Å². The maximum Gasteiger partial charge on any atom is 0.128 e. The van der Waals surface area contributed by atoms with E-state index < -0.39 is 11.0 Å². The van der Waals surface area contributed by atoms with E-state index in [2.05, 4.69) is 40.5 Å². The Morgan fingerprint density at radius 2 is 1.87 bits per heavy atom. The number of benzene rings is 2. The quantitative estimate of drug-likeness (QED) is 0.756. The molecule has 0 fully saturated rings. The second kappa shape index (κ2) is 5.62. The summed E-state index contributed by atoms with van der Waals surface area (Å²) in [5.41, 5.74) is 4.95. The second-order valence-electron chi connectivity index (χ2n) is 6.19. The van der Waals surface area contributed by atoms with Crippen LogP contribution in [0.2, 0.25) is 0 Å². The van der Waals surface area contributed by atoms with Gasteiger partial charge in [-0.25, -0.2) is 8.51 Å². The molecule has 0 spiro atoms.